The summed E-state index contributed by atoms with van der Waals surface area (Å²) in [5, 5.41) is 3.48. The van der Waals surface area contributed by atoms with Crippen LogP contribution in [0.25, 0.3) is 0 Å². The topological polar surface area (TPSA) is 77.5 Å². The van der Waals surface area contributed by atoms with Crippen molar-refractivity contribution in [1.82, 2.24) is 4.98 Å². The van der Waals surface area contributed by atoms with E-state index in [1.807, 2.05) is 13.8 Å². The summed E-state index contributed by atoms with van der Waals surface area (Å²) in [5.74, 6) is -1.43. The van der Waals surface area contributed by atoms with Crippen molar-refractivity contribution < 1.29 is 19.1 Å². The Balaban J connectivity index is 2.90. The van der Waals surface area contributed by atoms with Gasteiger partial charge >= 0.3 is 11.9 Å². The van der Waals surface area contributed by atoms with E-state index in [1.165, 1.54) is 17.5 Å². The Kier molecular flexibility index (Phi) is 6.87. The zero-order valence-corrected chi connectivity index (χ0v) is 13.5. The zero-order valence-electron chi connectivity index (χ0n) is 12.7. The molecule has 1 aromatic heterocycles. The third kappa shape index (κ3) is 4.86. The van der Waals surface area contributed by atoms with Gasteiger partial charge in [0.25, 0.3) is 0 Å². The van der Waals surface area contributed by atoms with Gasteiger partial charge in [-0.05, 0) is 27.2 Å². The molecule has 0 aliphatic heterocycles. The summed E-state index contributed by atoms with van der Waals surface area (Å²) in [6.07, 6.45) is 2.17. The molecule has 0 amide bonds. The Hall–Kier alpha value is -1.89. The first-order valence-electron chi connectivity index (χ1n) is 6.80. The van der Waals surface area contributed by atoms with Crippen LogP contribution in [-0.4, -0.2) is 30.1 Å². The van der Waals surface area contributed by atoms with Crippen LogP contribution in [0.1, 0.15) is 31.3 Å². The number of hydrogen-bond acceptors (Lipinski definition) is 7. The van der Waals surface area contributed by atoms with Gasteiger partial charge in [-0.1, -0.05) is 6.92 Å². The molecular weight excluding hydrogens is 292 g/mol. The van der Waals surface area contributed by atoms with Crippen molar-refractivity contribution in [3.8, 4) is 0 Å². The Morgan fingerprint density at radius 1 is 1.19 bits per heavy atom. The van der Waals surface area contributed by atoms with E-state index in [4.69, 9.17) is 9.47 Å². The molecule has 0 saturated heterocycles. The number of rotatable bonds is 7. The van der Waals surface area contributed by atoms with Crippen molar-refractivity contribution in [2.45, 2.75) is 34.1 Å². The van der Waals surface area contributed by atoms with Gasteiger partial charge in [-0.15, -0.1) is 11.3 Å². The second kappa shape index (κ2) is 8.41. The summed E-state index contributed by atoms with van der Waals surface area (Å²) in [6.45, 7) is 7.68. The van der Waals surface area contributed by atoms with Gasteiger partial charge in [0.2, 0.25) is 0 Å². The Bertz CT molecular complexity index is 517. The molecule has 1 aromatic rings. The van der Waals surface area contributed by atoms with Crippen LogP contribution in [0, 0.1) is 6.92 Å². The van der Waals surface area contributed by atoms with Crippen molar-refractivity contribution in [1.29, 1.82) is 0 Å². The number of thiazole rings is 1. The minimum Gasteiger partial charge on any atom is -0.462 e. The Labute approximate surface area is 128 Å². The minimum absolute atomic E-state index is 0.176. The highest BCUT2D eigenvalue weighted by Gasteiger charge is 2.21. The van der Waals surface area contributed by atoms with Gasteiger partial charge in [0, 0.05) is 11.1 Å². The Morgan fingerprint density at radius 3 is 2.19 bits per heavy atom. The monoisotopic (exact) mass is 312 g/mol. The third-order valence-electron chi connectivity index (χ3n) is 2.54. The van der Waals surface area contributed by atoms with Crippen molar-refractivity contribution >= 4 is 28.4 Å². The largest absolute Gasteiger partial charge is 0.462 e. The second-order valence-corrected chi connectivity index (χ2v) is 5.11. The van der Waals surface area contributed by atoms with Gasteiger partial charge in [0.15, 0.2) is 10.7 Å². The second-order valence-electron chi connectivity index (χ2n) is 4.02. The molecule has 0 saturated carbocycles. The number of carbonyl (C=O) groups excluding carboxylic acids is 2. The molecule has 1 rings (SSSR count). The summed E-state index contributed by atoms with van der Waals surface area (Å²) in [4.78, 5) is 29.0. The van der Waals surface area contributed by atoms with Gasteiger partial charge < -0.3 is 14.8 Å². The number of ether oxygens (including phenoxy) is 2. The normalized spacial score (nSPS) is 9.90. The lowest BCUT2D eigenvalue weighted by atomic mass is 10.3. The zero-order chi connectivity index (χ0) is 15.8. The van der Waals surface area contributed by atoms with E-state index >= 15 is 0 Å². The molecule has 6 nitrogen and oxygen atoms in total. The maximum atomic E-state index is 11.8. The predicted octanol–water partition coefficient (Wildman–Crippen LogP) is 2.44. The summed E-state index contributed by atoms with van der Waals surface area (Å²) >= 11 is 1.48. The highest BCUT2D eigenvalue weighted by atomic mass is 32.1. The van der Waals surface area contributed by atoms with Crippen LogP contribution in [0.4, 0.5) is 5.13 Å². The summed E-state index contributed by atoms with van der Waals surface area (Å²) in [6, 6.07) is 0. The number of nitrogens with zero attached hydrogens (tertiary/aromatic N) is 1. The van der Waals surface area contributed by atoms with Gasteiger partial charge in [-0.2, -0.15) is 0 Å². The summed E-state index contributed by atoms with van der Waals surface area (Å²) < 4.78 is 9.69. The molecule has 0 atom stereocenters. The lowest BCUT2D eigenvalue weighted by Crippen LogP contribution is -2.19. The molecule has 0 fully saturated rings. The highest BCUT2D eigenvalue weighted by Crippen LogP contribution is 2.23. The number of carbonyl (C=O) groups is 2. The standard InChI is InChI=1S/C14H20N2O4S/c1-5-11-9(4)16-14(21-11)15-8-10(12(17)19-6-2)13(18)20-7-3/h8H,5-7H2,1-4H3,(H,15,16). The number of aromatic nitrogens is 1. The molecule has 0 spiro atoms. The quantitative estimate of drug-likeness (QED) is 0.361. The summed E-state index contributed by atoms with van der Waals surface area (Å²) in [5.41, 5.74) is 0.761. The third-order valence-corrected chi connectivity index (χ3v) is 3.78. The summed E-state index contributed by atoms with van der Waals surface area (Å²) in [7, 11) is 0. The smallest absolute Gasteiger partial charge is 0.347 e. The maximum absolute atomic E-state index is 11.8. The molecule has 7 heteroatoms. The number of hydrogen-bond donors (Lipinski definition) is 1. The fraction of sp³-hybridized carbons (Fsp3) is 0.500. The molecular formula is C14H20N2O4S. The molecule has 0 unspecified atom stereocenters. The first-order valence-corrected chi connectivity index (χ1v) is 7.62. The average molecular weight is 312 g/mol. The molecule has 0 bridgehead atoms. The van der Waals surface area contributed by atoms with E-state index < -0.39 is 11.9 Å². The fourth-order valence-electron chi connectivity index (χ4n) is 1.57. The first kappa shape index (κ1) is 17.2. The lowest BCUT2D eigenvalue weighted by molar-refractivity contribution is -0.146. The van der Waals surface area contributed by atoms with Gasteiger partial charge in [0.1, 0.15) is 0 Å². The predicted molar refractivity (Wildman–Crippen MR) is 81.2 cm³/mol. The maximum Gasteiger partial charge on any atom is 0.347 e. The molecule has 0 aliphatic carbocycles. The molecule has 0 radical (unpaired) electrons. The van der Waals surface area contributed by atoms with Crippen molar-refractivity contribution in [2.24, 2.45) is 0 Å². The van der Waals surface area contributed by atoms with Crippen LogP contribution in [0.3, 0.4) is 0 Å². The molecule has 0 aliphatic rings. The van der Waals surface area contributed by atoms with E-state index in [-0.39, 0.29) is 18.8 Å². The van der Waals surface area contributed by atoms with Crippen LogP contribution in [0.2, 0.25) is 0 Å². The lowest BCUT2D eigenvalue weighted by Gasteiger charge is -2.06. The molecule has 1 heterocycles. The van der Waals surface area contributed by atoms with Gasteiger partial charge in [0.05, 0.1) is 18.9 Å². The van der Waals surface area contributed by atoms with E-state index in [0.717, 1.165) is 17.0 Å². The molecule has 1 N–H and O–H groups in total. The first-order chi connectivity index (χ1) is 10.0. The van der Waals surface area contributed by atoms with Crippen LogP contribution in [0.15, 0.2) is 11.8 Å². The number of nitrogens with one attached hydrogen (secondary N) is 1. The van der Waals surface area contributed by atoms with E-state index in [9.17, 15) is 9.59 Å². The average Bonchev–Trinajstić information content (AvgIpc) is 2.80. The van der Waals surface area contributed by atoms with Crippen LogP contribution >= 0.6 is 11.3 Å². The molecule has 116 valence electrons. The van der Waals surface area contributed by atoms with Gasteiger partial charge in [-0.25, -0.2) is 14.6 Å². The Morgan fingerprint density at radius 2 is 1.76 bits per heavy atom. The number of aryl methyl sites for hydroxylation is 2. The van der Waals surface area contributed by atoms with Crippen LogP contribution in [0.5, 0.6) is 0 Å². The minimum atomic E-state index is -0.715. The van der Waals surface area contributed by atoms with Crippen molar-refractivity contribution in [2.75, 3.05) is 18.5 Å². The van der Waals surface area contributed by atoms with Crippen molar-refractivity contribution in [3.05, 3.63) is 22.3 Å². The SMILES string of the molecule is CCOC(=O)C(=CNc1nc(C)c(CC)s1)C(=O)OCC. The van der Waals surface area contributed by atoms with Gasteiger partial charge in [-0.3, -0.25) is 0 Å². The fourth-order valence-corrected chi connectivity index (χ4v) is 2.44. The molecule has 21 heavy (non-hydrogen) atoms. The van der Waals surface area contributed by atoms with E-state index in [2.05, 4.69) is 10.3 Å². The van der Waals surface area contributed by atoms with Crippen LogP contribution in [-0.2, 0) is 25.5 Å². The number of anilines is 1. The van der Waals surface area contributed by atoms with Crippen LogP contribution < -0.4 is 5.32 Å². The number of esters is 2. The molecule has 0 aromatic carbocycles. The van der Waals surface area contributed by atoms with E-state index in [0.29, 0.717) is 5.13 Å². The van der Waals surface area contributed by atoms with E-state index in [1.54, 1.807) is 13.8 Å². The van der Waals surface area contributed by atoms with Crippen molar-refractivity contribution in [3.63, 3.8) is 0 Å². The highest BCUT2D eigenvalue weighted by molar-refractivity contribution is 7.15.